The summed E-state index contributed by atoms with van der Waals surface area (Å²) in [6, 6.07) is 6.68. The van der Waals surface area contributed by atoms with E-state index in [0.717, 1.165) is 0 Å². The third-order valence-electron chi connectivity index (χ3n) is 1.63. The van der Waals surface area contributed by atoms with E-state index in [1.165, 1.54) is 13.0 Å². The first-order valence-electron chi connectivity index (χ1n) is 4.67. The molecule has 0 bridgehead atoms. The maximum atomic E-state index is 10.6. The van der Waals surface area contributed by atoms with Crippen LogP contribution in [0.25, 0.3) is 0 Å². The lowest BCUT2D eigenvalue weighted by Gasteiger charge is -2.02. The van der Waals surface area contributed by atoms with Gasteiger partial charge < -0.3 is 15.9 Å². The van der Waals surface area contributed by atoms with Gasteiger partial charge in [-0.05, 0) is 18.1 Å². The Morgan fingerprint density at radius 2 is 1.81 bits per heavy atom. The zero-order chi connectivity index (χ0) is 12.6. The van der Waals surface area contributed by atoms with Crippen molar-refractivity contribution in [3.63, 3.8) is 0 Å². The van der Waals surface area contributed by atoms with Crippen LogP contribution in [0.5, 0.6) is 0 Å². The summed E-state index contributed by atoms with van der Waals surface area (Å²) in [7, 11) is 0. The van der Waals surface area contributed by atoms with Crippen molar-refractivity contribution in [2.24, 2.45) is 5.73 Å². The van der Waals surface area contributed by atoms with Gasteiger partial charge in [-0.2, -0.15) is 0 Å². The van der Waals surface area contributed by atoms with E-state index < -0.39 is 5.97 Å². The topological polar surface area (TPSA) is 101 Å². The minimum atomic E-state index is -0.945. The second-order valence-electron chi connectivity index (χ2n) is 3.05. The predicted molar refractivity (Wildman–Crippen MR) is 59.1 cm³/mol. The molecule has 1 amide bonds. The lowest BCUT2D eigenvalue weighted by molar-refractivity contribution is -0.115. The van der Waals surface area contributed by atoms with Gasteiger partial charge >= 0.3 is 5.97 Å². The molecule has 0 unspecified atom stereocenters. The van der Waals surface area contributed by atoms with E-state index in [-0.39, 0.29) is 18.1 Å². The Hall–Kier alpha value is -1.88. The number of nitrogens with two attached hydrogens (primary N) is 1. The van der Waals surface area contributed by atoms with Gasteiger partial charge in [-0.15, -0.1) is 0 Å². The molecule has 88 valence electrons. The Balaban J connectivity index is 0.000000487. The molecule has 0 aromatic heterocycles. The van der Waals surface area contributed by atoms with E-state index in [9.17, 15) is 9.59 Å². The fourth-order valence-electron chi connectivity index (χ4n) is 1.07. The molecule has 5 heteroatoms. The molecule has 0 aliphatic carbocycles. The molecule has 4 N–H and O–H groups in total. The first kappa shape index (κ1) is 14.1. The Kier molecular flexibility index (Phi) is 6.55. The van der Waals surface area contributed by atoms with Crippen LogP contribution in [0, 0.1) is 0 Å². The summed E-state index contributed by atoms with van der Waals surface area (Å²) in [6.45, 7) is 1.28. The molecule has 0 heterocycles. The summed E-state index contributed by atoms with van der Waals surface area (Å²) in [5.74, 6) is -1.28. The van der Waals surface area contributed by atoms with Gasteiger partial charge in [0.1, 0.15) is 0 Å². The molecular formula is C11H15NO4. The SMILES string of the molecule is CC(N)=O.O=C(O)c1ccccc1CCO. The molecule has 1 rings (SSSR count). The lowest BCUT2D eigenvalue weighted by atomic mass is 10.1. The van der Waals surface area contributed by atoms with E-state index in [2.05, 4.69) is 5.73 Å². The summed E-state index contributed by atoms with van der Waals surface area (Å²) in [5.41, 5.74) is 5.42. The molecule has 0 fully saturated rings. The van der Waals surface area contributed by atoms with Crippen LogP contribution >= 0.6 is 0 Å². The van der Waals surface area contributed by atoms with Gasteiger partial charge in [-0.3, -0.25) is 4.79 Å². The maximum Gasteiger partial charge on any atom is 0.335 e. The Morgan fingerprint density at radius 1 is 1.31 bits per heavy atom. The molecule has 0 aliphatic rings. The lowest BCUT2D eigenvalue weighted by Crippen LogP contribution is -2.03. The van der Waals surface area contributed by atoms with Crippen molar-refractivity contribution >= 4 is 11.9 Å². The molecule has 0 aliphatic heterocycles. The van der Waals surface area contributed by atoms with Crippen LogP contribution in [0.2, 0.25) is 0 Å². The molecule has 0 atom stereocenters. The zero-order valence-corrected chi connectivity index (χ0v) is 9.01. The molecule has 5 nitrogen and oxygen atoms in total. The van der Waals surface area contributed by atoms with E-state index in [4.69, 9.17) is 10.2 Å². The number of carbonyl (C=O) groups is 2. The molecule has 1 aromatic carbocycles. The molecule has 0 saturated heterocycles. The number of aliphatic hydroxyl groups excluding tert-OH is 1. The third-order valence-corrected chi connectivity index (χ3v) is 1.63. The quantitative estimate of drug-likeness (QED) is 0.693. The number of carboxylic acids is 1. The number of carbonyl (C=O) groups excluding carboxylic acids is 1. The summed E-state index contributed by atoms with van der Waals surface area (Å²) in [4.78, 5) is 19.8. The monoisotopic (exact) mass is 225 g/mol. The van der Waals surface area contributed by atoms with Crippen molar-refractivity contribution in [3.05, 3.63) is 35.4 Å². The normalized spacial score (nSPS) is 8.88. The average Bonchev–Trinajstić information content (AvgIpc) is 2.18. The third kappa shape index (κ3) is 5.77. The van der Waals surface area contributed by atoms with Gasteiger partial charge in [0.2, 0.25) is 5.91 Å². The molecule has 0 spiro atoms. The van der Waals surface area contributed by atoms with Gasteiger partial charge in [0.25, 0.3) is 0 Å². The maximum absolute atomic E-state index is 10.6. The van der Waals surface area contributed by atoms with Crippen LogP contribution in [-0.4, -0.2) is 28.7 Å². The Bertz CT molecular complexity index is 359. The summed E-state index contributed by atoms with van der Waals surface area (Å²) in [5, 5.41) is 17.3. The standard InChI is InChI=1S/C9H10O3.C2H5NO/c10-6-5-7-3-1-2-4-8(7)9(11)12;1-2(3)4/h1-4,10H,5-6H2,(H,11,12);1H3,(H2,3,4). The van der Waals surface area contributed by atoms with E-state index in [1.807, 2.05) is 0 Å². The number of carboxylic acid groups (broad SMARTS) is 1. The predicted octanol–water partition coefficient (Wildman–Crippen LogP) is 0.411. The number of hydrogen-bond acceptors (Lipinski definition) is 3. The summed E-state index contributed by atoms with van der Waals surface area (Å²) in [6.07, 6.45) is 0.391. The highest BCUT2D eigenvalue weighted by molar-refractivity contribution is 5.89. The minimum absolute atomic E-state index is 0.0235. The van der Waals surface area contributed by atoms with Gasteiger partial charge in [-0.25, -0.2) is 4.79 Å². The second kappa shape index (κ2) is 7.42. The first-order chi connectivity index (χ1) is 7.49. The first-order valence-corrected chi connectivity index (χ1v) is 4.67. The average molecular weight is 225 g/mol. The number of aromatic carboxylic acids is 1. The van der Waals surface area contributed by atoms with Gasteiger partial charge in [0, 0.05) is 13.5 Å². The highest BCUT2D eigenvalue weighted by Crippen LogP contribution is 2.08. The van der Waals surface area contributed by atoms with Crippen molar-refractivity contribution in [2.75, 3.05) is 6.61 Å². The zero-order valence-electron chi connectivity index (χ0n) is 9.01. The molecule has 0 saturated carbocycles. The number of rotatable bonds is 3. The fraction of sp³-hybridized carbons (Fsp3) is 0.273. The van der Waals surface area contributed by atoms with Gasteiger partial charge in [-0.1, -0.05) is 18.2 Å². The van der Waals surface area contributed by atoms with Crippen molar-refractivity contribution in [3.8, 4) is 0 Å². The van der Waals surface area contributed by atoms with Crippen LogP contribution in [0.15, 0.2) is 24.3 Å². The largest absolute Gasteiger partial charge is 0.478 e. The van der Waals surface area contributed by atoms with Crippen LogP contribution < -0.4 is 5.73 Å². The van der Waals surface area contributed by atoms with Crippen molar-refractivity contribution in [1.82, 2.24) is 0 Å². The number of hydrogen-bond donors (Lipinski definition) is 3. The van der Waals surface area contributed by atoms with Crippen LogP contribution in [-0.2, 0) is 11.2 Å². The Morgan fingerprint density at radius 3 is 2.25 bits per heavy atom. The molecule has 1 aromatic rings. The number of aliphatic hydroxyl groups is 1. The smallest absolute Gasteiger partial charge is 0.335 e. The minimum Gasteiger partial charge on any atom is -0.478 e. The molecule has 16 heavy (non-hydrogen) atoms. The summed E-state index contributed by atoms with van der Waals surface area (Å²) < 4.78 is 0. The highest BCUT2D eigenvalue weighted by Gasteiger charge is 2.07. The highest BCUT2D eigenvalue weighted by atomic mass is 16.4. The van der Waals surface area contributed by atoms with Crippen molar-refractivity contribution in [2.45, 2.75) is 13.3 Å². The second-order valence-corrected chi connectivity index (χ2v) is 3.05. The molecular weight excluding hydrogens is 210 g/mol. The Labute approximate surface area is 93.5 Å². The summed E-state index contributed by atoms with van der Waals surface area (Å²) >= 11 is 0. The van der Waals surface area contributed by atoms with E-state index in [0.29, 0.717) is 12.0 Å². The van der Waals surface area contributed by atoms with Crippen molar-refractivity contribution in [1.29, 1.82) is 0 Å². The molecule has 0 radical (unpaired) electrons. The van der Waals surface area contributed by atoms with Crippen molar-refractivity contribution < 1.29 is 19.8 Å². The number of benzene rings is 1. The van der Waals surface area contributed by atoms with Gasteiger partial charge in [0.15, 0.2) is 0 Å². The number of amides is 1. The van der Waals surface area contributed by atoms with Crippen LogP contribution in [0.1, 0.15) is 22.8 Å². The fourth-order valence-corrected chi connectivity index (χ4v) is 1.07. The number of primary amides is 1. The van der Waals surface area contributed by atoms with Crippen LogP contribution in [0.3, 0.4) is 0 Å². The van der Waals surface area contributed by atoms with Gasteiger partial charge in [0.05, 0.1) is 5.56 Å². The van der Waals surface area contributed by atoms with E-state index >= 15 is 0 Å². The van der Waals surface area contributed by atoms with E-state index in [1.54, 1.807) is 18.2 Å². The van der Waals surface area contributed by atoms with Crippen LogP contribution in [0.4, 0.5) is 0 Å².